The molecule has 0 aliphatic carbocycles. The van der Waals surface area contributed by atoms with Gasteiger partial charge in [0.15, 0.2) is 0 Å². The average molecular weight is 228 g/mol. The molecule has 1 N–H and O–H groups in total. The van der Waals surface area contributed by atoms with Gasteiger partial charge in [-0.15, -0.1) is 0 Å². The fourth-order valence-corrected chi connectivity index (χ4v) is 1.83. The van der Waals surface area contributed by atoms with Gasteiger partial charge in [0.25, 0.3) is 0 Å². The molecule has 82 valence electrons. The van der Waals surface area contributed by atoms with E-state index >= 15 is 0 Å². The summed E-state index contributed by atoms with van der Waals surface area (Å²) >= 11 is 6.06. The van der Waals surface area contributed by atoms with Gasteiger partial charge in [-0.2, -0.15) is 0 Å². The Morgan fingerprint density at radius 1 is 1.47 bits per heavy atom. The molecule has 1 heterocycles. The van der Waals surface area contributed by atoms with Crippen LogP contribution in [0.1, 0.15) is 6.42 Å². The molecule has 1 aliphatic heterocycles. The number of rotatable bonds is 3. The average Bonchev–Trinajstić information content (AvgIpc) is 2.74. The van der Waals surface area contributed by atoms with E-state index in [9.17, 15) is 0 Å². The highest BCUT2D eigenvalue weighted by Crippen LogP contribution is 2.29. The maximum atomic E-state index is 6.06. The molecule has 0 spiro atoms. The van der Waals surface area contributed by atoms with Crippen LogP contribution in [-0.4, -0.2) is 26.3 Å². The lowest BCUT2D eigenvalue weighted by atomic mass is 10.3. The minimum Gasteiger partial charge on any atom is -0.497 e. The number of nitrogens with one attached hydrogen (secondary N) is 1. The van der Waals surface area contributed by atoms with Crippen molar-refractivity contribution in [1.29, 1.82) is 0 Å². The summed E-state index contributed by atoms with van der Waals surface area (Å²) in [6, 6.07) is 5.46. The Morgan fingerprint density at radius 3 is 2.93 bits per heavy atom. The Bertz CT molecular complexity index is 337. The van der Waals surface area contributed by atoms with Gasteiger partial charge in [-0.05, 0) is 25.1 Å². The first-order valence-corrected chi connectivity index (χ1v) is 5.38. The molecule has 1 atom stereocenters. The lowest BCUT2D eigenvalue weighted by molar-refractivity contribution is 0.223. The summed E-state index contributed by atoms with van der Waals surface area (Å²) in [4.78, 5) is 0. The molecule has 1 aliphatic rings. The lowest BCUT2D eigenvalue weighted by Crippen LogP contribution is -2.19. The first-order chi connectivity index (χ1) is 7.29. The third-order valence-corrected chi connectivity index (χ3v) is 2.74. The Hall–Kier alpha value is -0.930. The van der Waals surface area contributed by atoms with Crippen LogP contribution in [0.5, 0.6) is 11.5 Å². The van der Waals surface area contributed by atoms with E-state index in [1.54, 1.807) is 13.2 Å². The molecule has 4 heteroatoms. The number of hydrogen-bond acceptors (Lipinski definition) is 3. The topological polar surface area (TPSA) is 30.5 Å². The molecule has 0 aromatic heterocycles. The van der Waals surface area contributed by atoms with Gasteiger partial charge < -0.3 is 14.8 Å². The monoisotopic (exact) mass is 227 g/mol. The smallest absolute Gasteiger partial charge is 0.138 e. The molecule has 0 radical (unpaired) electrons. The molecular formula is C11H14ClNO2. The van der Waals surface area contributed by atoms with Crippen LogP contribution in [0, 0.1) is 0 Å². The van der Waals surface area contributed by atoms with E-state index in [0.717, 1.165) is 31.0 Å². The first kappa shape index (κ1) is 10.6. The maximum absolute atomic E-state index is 6.06. The Kier molecular flexibility index (Phi) is 3.34. The number of methoxy groups -OCH3 is 1. The zero-order valence-corrected chi connectivity index (χ0v) is 9.38. The first-order valence-electron chi connectivity index (χ1n) is 5.00. The molecule has 2 rings (SSSR count). The summed E-state index contributed by atoms with van der Waals surface area (Å²) in [6.07, 6.45) is 1.26. The van der Waals surface area contributed by atoms with Crippen molar-refractivity contribution in [2.75, 3.05) is 20.2 Å². The molecular weight excluding hydrogens is 214 g/mol. The predicted molar refractivity (Wildman–Crippen MR) is 59.9 cm³/mol. The van der Waals surface area contributed by atoms with Crippen molar-refractivity contribution >= 4 is 11.6 Å². The summed E-state index contributed by atoms with van der Waals surface area (Å²) in [7, 11) is 1.62. The van der Waals surface area contributed by atoms with Gasteiger partial charge in [-0.1, -0.05) is 11.6 Å². The molecule has 1 fully saturated rings. The standard InChI is InChI=1S/C11H14ClNO2/c1-14-8-2-3-11(10(12)6-8)15-9-4-5-13-7-9/h2-3,6,9,13H,4-5,7H2,1H3/t9-/m1/s1. The maximum Gasteiger partial charge on any atom is 0.138 e. The van der Waals surface area contributed by atoms with Crippen molar-refractivity contribution in [1.82, 2.24) is 5.32 Å². The number of benzene rings is 1. The number of ether oxygens (including phenoxy) is 2. The summed E-state index contributed by atoms with van der Waals surface area (Å²) in [5.74, 6) is 1.48. The second-order valence-electron chi connectivity index (χ2n) is 3.53. The lowest BCUT2D eigenvalue weighted by Gasteiger charge is -2.14. The number of halogens is 1. The summed E-state index contributed by atoms with van der Waals surface area (Å²) in [5.41, 5.74) is 0. The van der Waals surface area contributed by atoms with E-state index in [2.05, 4.69) is 5.32 Å². The Balaban J connectivity index is 2.07. The highest BCUT2D eigenvalue weighted by atomic mass is 35.5. The normalized spacial score (nSPS) is 20.3. The van der Waals surface area contributed by atoms with Gasteiger partial charge in [0.05, 0.1) is 12.1 Å². The van der Waals surface area contributed by atoms with E-state index in [1.165, 1.54) is 0 Å². The molecule has 1 aromatic rings. The van der Waals surface area contributed by atoms with Crippen LogP contribution in [-0.2, 0) is 0 Å². The van der Waals surface area contributed by atoms with Crippen LogP contribution >= 0.6 is 11.6 Å². The largest absolute Gasteiger partial charge is 0.497 e. The van der Waals surface area contributed by atoms with E-state index < -0.39 is 0 Å². The van der Waals surface area contributed by atoms with E-state index in [4.69, 9.17) is 21.1 Å². The Morgan fingerprint density at radius 2 is 2.33 bits per heavy atom. The predicted octanol–water partition coefficient (Wildman–Crippen LogP) is 2.09. The van der Waals surface area contributed by atoms with Crippen LogP contribution in [0.15, 0.2) is 18.2 Å². The van der Waals surface area contributed by atoms with Crippen LogP contribution in [0.3, 0.4) is 0 Å². The van der Waals surface area contributed by atoms with Gasteiger partial charge in [0.2, 0.25) is 0 Å². The van der Waals surface area contributed by atoms with Gasteiger partial charge in [0.1, 0.15) is 17.6 Å². The van der Waals surface area contributed by atoms with E-state index in [-0.39, 0.29) is 6.10 Å². The van der Waals surface area contributed by atoms with Crippen molar-refractivity contribution in [3.8, 4) is 11.5 Å². The van der Waals surface area contributed by atoms with Crippen LogP contribution in [0.4, 0.5) is 0 Å². The fourth-order valence-electron chi connectivity index (χ4n) is 1.61. The van der Waals surface area contributed by atoms with Crippen LogP contribution in [0.2, 0.25) is 5.02 Å². The molecule has 0 amide bonds. The third kappa shape index (κ3) is 2.55. The highest BCUT2D eigenvalue weighted by Gasteiger charge is 2.17. The number of hydrogen-bond donors (Lipinski definition) is 1. The van der Waals surface area contributed by atoms with Gasteiger partial charge in [0, 0.05) is 12.6 Å². The van der Waals surface area contributed by atoms with E-state index in [1.807, 2.05) is 12.1 Å². The van der Waals surface area contributed by atoms with E-state index in [0.29, 0.717) is 5.02 Å². The zero-order chi connectivity index (χ0) is 10.7. The van der Waals surface area contributed by atoms with Gasteiger partial charge in [-0.25, -0.2) is 0 Å². The highest BCUT2D eigenvalue weighted by molar-refractivity contribution is 6.32. The molecule has 15 heavy (non-hydrogen) atoms. The Labute approximate surface area is 94.3 Å². The zero-order valence-electron chi connectivity index (χ0n) is 8.63. The fraction of sp³-hybridized carbons (Fsp3) is 0.455. The van der Waals surface area contributed by atoms with Crippen molar-refractivity contribution in [3.63, 3.8) is 0 Å². The summed E-state index contributed by atoms with van der Waals surface area (Å²) < 4.78 is 10.8. The van der Waals surface area contributed by atoms with Crippen molar-refractivity contribution in [2.45, 2.75) is 12.5 Å². The molecule has 0 saturated carbocycles. The van der Waals surface area contributed by atoms with Gasteiger partial charge in [-0.3, -0.25) is 0 Å². The minimum atomic E-state index is 0.232. The summed E-state index contributed by atoms with van der Waals surface area (Å²) in [5, 5.41) is 3.84. The quantitative estimate of drug-likeness (QED) is 0.858. The van der Waals surface area contributed by atoms with Crippen LogP contribution < -0.4 is 14.8 Å². The minimum absolute atomic E-state index is 0.232. The van der Waals surface area contributed by atoms with Crippen LogP contribution in [0.25, 0.3) is 0 Å². The molecule has 1 aromatic carbocycles. The third-order valence-electron chi connectivity index (χ3n) is 2.45. The molecule has 3 nitrogen and oxygen atoms in total. The molecule has 0 unspecified atom stereocenters. The molecule has 1 saturated heterocycles. The second-order valence-corrected chi connectivity index (χ2v) is 3.94. The second kappa shape index (κ2) is 4.73. The summed E-state index contributed by atoms with van der Waals surface area (Å²) in [6.45, 7) is 1.90. The van der Waals surface area contributed by atoms with Crippen molar-refractivity contribution < 1.29 is 9.47 Å². The van der Waals surface area contributed by atoms with Gasteiger partial charge >= 0.3 is 0 Å². The SMILES string of the molecule is COc1ccc(O[C@@H]2CCNC2)c(Cl)c1. The van der Waals surface area contributed by atoms with Crippen molar-refractivity contribution in [3.05, 3.63) is 23.2 Å². The molecule has 0 bridgehead atoms. The van der Waals surface area contributed by atoms with Crippen molar-refractivity contribution in [2.24, 2.45) is 0 Å².